The van der Waals surface area contributed by atoms with Gasteiger partial charge in [0.25, 0.3) is 0 Å². The van der Waals surface area contributed by atoms with Gasteiger partial charge in [0.05, 0.1) is 0 Å². The molecule has 0 atom stereocenters. The van der Waals surface area contributed by atoms with Crippen LogP contribution in [0.2, 0.25) is 8.87 Å². The molecule has 0 fully saturated rings. The van der Waals surface area contributed by atoms with Gasteiger partial charge in [-0.3, -0.25) is 0 Å². The van der Waals surface area contributed by atoms with E-state index < -0.39 is 0 Å². The predicted molar refractivity (Wildman–Crippen MR) is 81.9 cm³/mol. The minimum atomic E-state index is 0. The normalized spacial score (nSPS) is 7.38. The molecule has 0 saturated carbocycles. The van der Waals surface area contributed by atoms with Gasteiger partial charge in [-0.25, -0.2) is 0 Å². The molecule has 0 aliphatic heterocycles. The maximum atomic E-state index is 2.24. The summed E-state index contributed by atoms with van der Waals surface area (Å²) in [5.41, 5.74) is 0. The summed E-state index contributed by atoms with van der Waals surface area (Å²) < 4.78 is 2.79. The number of hydrogen-bond acceptors (Lipinski definition) is 0. The Morgan fingerprint density at radius 2 is 0.769 bits per heavy atom. The minimum Gasteiger partial charge on any atom is -0.197 e. The van der Waals surface area contributed by atoms with Crippen LogP contribution in [0.1, 0.15) is 27.7 Å². The Hall–Kier alpha value is 2.65. The summed E-state index contributed by atoms with van der Waals surface area (Å²) in [6.45, 7) is 8.98. The van der Waals surface area contributed by atoms with Gasteiger partial charge >= 0.3 is 93.5 Å². The van der Waals surface area contributed by atoms with Crippen molar-refractivity contribution >= 4 is 85.5 Å². The van der Waals surface area contributed by atoms with Gasteiger partial charge in [-0.2, -0.15) is 40.5 Å². The summed E-state index contributed by atoms with van der Waals surface area (Å²) in [6.07, 6.45) is 0. The van der Waals surface area contributed by atoms with Gasteiger partial charge < -0.3 is 0 Å². The van der Waals surface area contributed by atoms with E-state index in [1.54, 1.807) is 45.0 Å². The fourth-order valence-electron chi connectivity index (χ4n) is 0. The first-order chi connectivity index (χ1) is 4.54. The Bertz CT molecular complexity index is 53.4. The molecule has 0 aliphatic carbocycles. The molecule has 13 heavy (non-hydrogen) atoms. The van der Waals surface area contributed by atoms with Crippen molar-refractivity contribution in [2.24, 2.45) is 11.8 Å². The quantitative estimate of drug-likeness (QED) is 0.564. The topological polar surface area (TPSA) is 0 Å². The molecular weight excluding hydrogens is 430 g/mol. The molecule has 0 nitrogen and oxygen atoms in total. The van der Waals surface area contributed by atoms with Gasteiger partial charge in [0, 0.05) is 0 Å². The van der Waals surface area contributed by atoms with Gasteiger partial charge in [-0.1, -0.05) is 0 Å². The zero-order chi connectivity index (χ0) is 8.57. The summed E-state index contributed by atoms with van der Waals surface area (Å²) in [5.74, 6) is 1.85. The van der Waals surface area contributed by atoms with E-state index in [1.807, 2.05) is 0 Å². The van der Waals surface area contributed by atoms with E-state index in [0.29, 0.717) is 0 Å². The third kappa shape index (κ3) is 53.0. The Morgan fingerprint density at radius 1 is 0.692 bits per heavy atom. The molecule has 0 heterocycles. The van der Waals surface area contributed by atoms with E-state index in [2.05, 4.69) is 27.7 Å². The van der Waals surface area contributed by atoms with Crippen molar-refractivity contribution in [3.05, 3.63) is 0 Å². The summed E-state index contributed by atoms with van der Waals surface area (Å²) in [4.78, 5) is 0. The molecule has 82 valence electrons. The molecule has 0 aromatic carbocycles. The minimum absolute atomic E-state index is 0. The average molecular weight is 454 g/mol. The van der Waals surface area contributed by atoms with E-state index in [1.165, 1.54) is 8.87 Å². The van der Waals surface area contributed by atoms with Gasteiger partial charge in [0.1, 0.15) is 0 Å². The maximum absolute atomic E-state index is 2.24. The second-order valence-electron chi connectivity index (χ2n) is 3.20. The number of rotatable bonds is 2. The van der Waals surface area contributed by atoms with Crippen LogP contribution in [-0.4, -0.2) is 45.0 Å². The fourth-order valence-corrected chi connectivity index (χ4v) is 0. The third-order valence-corrected chi connectivity index (χ3v) is 5.48. The molecule has 6 radical (unpaired) electrons. The third-order valence-electron chi connectivity index (χ3n) is 0.816. The Morgan fingerprint density at radius 3 is 0.769 bits per heavy atom. The maximum Gasteiger partial charge on any atom is -0.197 e. The zero-order valence-electron chi connectivity index (χ0n) is 9.07. The van der Waals surface area contributed by atoms with Crippen molar-refractivity contribution < 1.29 is 0 Å². The molecular formula is C8H24S3Sn2. The summed E-state index contributed by atoms with van der Waals surface area (Å²) in [5, 5.41) is 0. The molecule has 0 bridgehead atoms. The van der Waals surface area contributed by atoms with Crippen molar-refractivity contribution in [2.75, 3.05) is 0 Å². The summed E-state index contributed by atoms with van der Waals surface area (Å²) in [6, 6.07) is 0. The molecule has 0 unspecified atom stereocenters. The Labute approximate surface area is 132 Å². The van der Waals surface area contributed by atoms with Crippen molar-refractivity contribution in [1.29, 1.82) is 0 Å². The van der Waals surface area contributed by atoms with Crippen LogP contribution < -0.4 is 0 Å². The van der Waals surface area contributed by atoms with Crippen LogP contribution in [0.25, 0.3) is 0 Å². The second kappa shape index (κ2) is 24.1. The standard InChI is InChI=1S/2C4H9.3H2S.2Sn/c2*1-4(2)3;;;;;/h2*4H,1H2,2-3H3;3*1H2;;. The van der Waals surface area contributed by atoms with E-state index in [-0.39, 0.29) is 40.5 Å². The van der Waals surface area contributed by atoms with Gasteiger partial charge in [0.15, 0.2) is 0 Å². The van der Waals surface area contributed by atoms with E-state index in [4.69, 9.17) is 0 Å². The van der Waals surface area contributed by atoms with Crippen LogP contribution in [0.5, 0.6) is 0 Å². The van der Waals surface area contributed by atoms with Crippen LogP contribution in [0.15, 0.2) is 0 Å². The number of hydrogen-bond donors (Lipinski definition) is 0. The van der Waals surface area contributed by atoms with Crippen LogP contribution in [0.4, 0.5) is 0 Å². The summed E-state index contributed by atoms with van der Waals surface area (Å²) >= 11 is 3.33. The van der Waals surface area contributed by atoms with Crippen LogP contribution in [-0.2, 0) is 0 Å². The van der Waals surface area contributed by atoms with Gasteiger partial charge in [-0.05, 0) is 0 Å². The van der Waals surface area contributed by atoms with Crippen molar-refractivity contribution in [1.82, 2.24) is 0 Å². The molecule has 0 aliphatic rings. The molecule has 5 heteroatoms. The molecule has 0 saturated heterocycles. The molecule has 0 aromatic rings. The SMILES string of the molecule is CC(C)[CH2][Sn].CC(C)[CH2][Sn].S.S.S. The molecule has 0 aromatic heterocycles. The van der Waals surface area contributed by atoms with E-state index >= 15 is 0 Å². The van der Waals surface area contributed by atoms with Crippen molar-refractivity contribution in [3.63, 3.8) is 0 Å². The van der Waals surface area contributed by atoms with Gasteiger partial charge in [0.2, 0.25) is 0 Å². The zero-order valence-corrected chi connectivity index (χ0v) is 17.8. The first-order valence-electron chi connectivity index (χ1n) is 3.83. The van der Waals surface area contributed by atoms with Crippen LogP contribution >= 0.6 is 40.5 Å². The molecule has 0 amide bonds. The predicted octanol–water partition coefficient (Wildman–Crippen LogP) is 2.80. The average Bonchev–Trinajstić information content (AvgIpc) is 1.89. The Balaban J connectivity index is -0.0000000267. The van der Waals surface area contributed by atoms with Crippen LogP contribution in [0, 0.1) is 11.8 Å². The van der Waals surface area contributed by atoms with E-state index in [0.717, 1.165) is 11.8 Å². The molecule has 0 N–H and O–H groups in total. The molecule has 0 spiro atoms. The largest absolute Gasteiger partial charge is 0.197 e. The van der Waals surface area contributed by atoms with Gasteiger partial charge in [-0.15, -0.1) is 0 Å². The Kier molecular flexibility index (Phi) is 54.8. The summed E-state index contributed by atoms with van der Waals surface area (Å²) in [7, 11) is 0. The van der Waals surface area contributed by atoms with E-state index in [9.17, 15) is 0 Å². The van der Waals surface area contributed by atoms with Crippen molar-refractivity contribution in [2.45, 2.75) is 36.6 Å². The first-order valence-corrected chi connectivity index (χ1v) is 7.87. The van der Waals surface area contributed by atoms with Crippen LogP contribution in [0.3, 0.4) is 0 Å². The monoisotopic (exact) mass is 456 g/mol. The second-order valence-corrected chi connectivity index (χ2v) is 5.53. The smallest absolute Gasteiger partial charge is 0.197 e. The molecule has 0 rings (SSSR count). The first kappa shape index (κ1) is 29.6. The fraction of sp³-hybridized carbons (Fsp3) is 1.00. The van der Waals surface area contributed by atoms with Crippen molar-refractivity contribution in [3.8, 4) is 0 Å².